The van der Waals surface area contributed by atoms with E-state index in [2.05, 4.69) is 4.74 Å². The van der Waals surface area contributed by atoms with Gasteiger partial charge in [-0.25, -0.2) is 9.18 Å². The highest BCUT2D eigenvalue weighted by molar-refractivity contribution is 5.93. The molecule has 0 aromatic heterocycles. The van der Waals surface area contributed by atoms with Crippen molar-refractivity contribution < 1.29 is 28.7 Å². The summed E-state index contributed by atoms with van der Waals surface area (Å²) in [6, 6.07) is 1.38. The largest absolute Gasteiger partial charge is 0.477 e. The average Bonchev–Trinajstić information content (AvgIpc) is 2.40. The number of aromatic carboxylic acids is 1. The number of nitro benzene ring substituents is 1. The van der Waals surface area contributed by atoms with Crippen LogP contribution >= 0.6 is 0 Å². The van der Waals surface area contributed by atoms with Gasteiger partial charge in [0, 0.05) is 11.6 Å². The maximum absolute atomic E-state index is 13.7. The predicted octanol–water partition coefficient (Wildman–Crippen LogP) is 2.40. The molecule has 0 aliphatic carbocycles. The van der Waals surface area contributed by atoms with E-state index in [1.165, 1.54) is 6.08 Å². The lowest BCUT2D eigenvalue weighted by atomic mass is 10.1. The summed E-state index contributed by atoms with van der Waals surface area (Å²) in [6.07, 6.45) is 2.31. The molecule has 1 N–H and O–H groups in total. The standard InChI is InChI=1S/C13H12FNO6/c1-2-21-12(16)5-3-4-8-6-11(15(19)20)9(13(17)18)7-10(8)14/h3-4,6-7H,2,5H2,1H3,(H,17,18). The van der Waals surface area contributed by atoms with Crippen LogP contribution in [-0.2, 0) is 9.53 Å². The minimum Gasteiger partial charge on any atom is -0.477 e. The van der Waals surface area contributed by atoms with E-state index in [0.717, 1.165) is 12.1 Å². The van der Waals surface area contributed by atoms with E-state index < -0.39 is 33.9 Å². The van der Waals surface area contributed by atoms with Gasteiger partial charge in [-0.1, -0.05) is 12.2 Å². The van der Waals surface area contributed by atoms with Gasteiger partial charge in [-0.15, -0.1) is 0 Å². The fourth-order valence-electron chi connectivity index (χ4n) is 1.53. The third-order valence-corrected chi connectivity index (χ3v) is 2.43. The molecule has 0 spiro atoms. The van der Waals surface area contributed by atoms with E-state index in [9.17, 15) is 24.1 Å². The number of nitro groups is 1. The maximum Gasteiger partial charge on any atom is 0.342 e. The normalized spacial score (nSPS) is 10.6. The number of rotatable bonds is 6. The second-order valence-corrected chi connectivity index (χ2v) is 3.86. The first-order valence-corrected chi connectivity index (χ1v) is 5.90. The molecule has 1 aromatic carbocycles. The smallest absolute Gasteiger partial charge is 0.342 e. The molecule has 0 heterocycles. The summed E-state index contributed by atoms with van der Waals surface area (Å²) in [6.45, 7) is 1.84. The molecule has 0 saturated heterocycles. The number of carboxylic acid groups (broad SMARTS) is 1. The number of ether oxygens (including phenoxy) is 1. The molecule has 1 aromatic rings. The van der Waals surface area contributed by atoms with E-state index in [1.54, 1.807) is 6.92 Å². The number of halogens is 1. The van der Waals surface area contributed by atoms with Crippen LogP contribution in [0.1, 0.15) is 29.3 Å². The van der Waals surface area contributed by atoms with Crippen LogP contribution in [0.5, 0.6) is 0 Å². The summed E-state index contributed by atoms with van der Waals surface area (Å²) in [4.78, 5) is 31.8. The van der Waals surface area contributed by atoms with Gasteiger partial charge in [0.25, 0.3) is 5.69 Å². The number of carbonyl (C=O) groups excluding carboxylic acids is 1. The van der Waals surface area contributed by atoms with Gasteiger partial charge in [0.2, 0.25) is 0 Å². The number of nitrogens with zero attached hydrogens (tertiary/aromatic N) is 1. The van der Waals surface area contributed by atoms with Crippen molar-refractivity contribution in [2.75, 3.05) is 6.61 Å². The number of benzene rings is 1. The zero-order valence-electron chi connectivity index (χ0n) is 11.0. The van der Waals surface area contributed by atoms with Crippen molar-refractivity contribution >= 4 is 23.7 Å². The summed E-state index contributed by atoms with van der Waals surface area (Å²) in [5.41, 5.74) is -1.64. The lowest BCUT2D eigenvalue weighted by molar-refractivity contribution is -0.385. The fraction of sp³-hybridized carbons (Fsp3) is 0.231. The Morgan fingerprint density at radius 1 is 1.48 bits per heavy atom. The molecular formula is C13H12FNO6. The second kappa shape index (κ2) is 7.13. The monoisotopic (exact) mass is 297 g/mol. The van der Waals surface area contributed by atoms with Crippen molar-refractivity contribution in [3.8, 4) is 0 Å². The first kappa shape index (κ1) is 16.3. The van der Waals surface area contributed by atoms with Crippen LogP contribution in [0.15, 0.2) is 18.2 Å². The summed E-state index contributed by atoms with van der Waals surface area (Å²) in [5, 5.41) is 19.6. The lowest BCUT2D eigenvalue weighted by Gasteiger charge is -2.02. The van der Waals surface area contributed by atoms with Gasteiger partial charge in [0.05, 0.1) is 18.0 Å². The summed E-state index contributed by atoms with van der Waals surface area (Å²) < 4.78 is 18.3. The quantitative estimate of drug-likeness (QED) is 0.491. The number of hydrogen-bond acceptors (Lipinski definition) is 5. The van der Waals surface area contributed by atoms with E-state index in [4.69, 9.17) is 5.11 Å². The topological polar surface area (TPSA) is 107 Å². The third-order valence-electron chi connectivity index (χ3n) is 2.43. The molecule has 0 aliphatic heterocycles. The maximum atomic E-state index is 13.7. The molecule has 0 bridgehead atoms. The van der Waals surface area contributed by atoms with Gasteiger partial charge in [-0.2, -0.15) is 0 Å². The molecule has 0 aliphatic rings. The fourth-order valence-corrected chi connectivity index (χ4v) is 1.53. The number of carboxylic acids is 1. The molecule has 0 amide bonds. The van der Waals surface area contributed by atoms with Crippen LogP contribution in [0, 0.1) is 15.9 Å². The van der Waals surface area contributed by atoms with Crippen LogP contribution in [0.3, 0.4) is 0 Å². The summed E-state index contributed by atoms with van der Waals surface area (Å²) in [5.74, 6) is -3.05. The van der Waals surface area contributed by atoms with Crippen LogP contribution < -0.4 is 0 Å². The van der Waals surface area contributed by atoms with Crippen molar-refractivity contribution in [2.45, 2.75) is 13.3 Å². The zero-order chi connectivity index (χ0) is 16.0. The Hall–Kier alpha value is -2.77. The Bertz CT molecular complexity index is 611. The van der Waals surface area contributed by atoms with Gasteiger partial charge < -0.3 is 9.84 Å². The average molecular weight is 297 g/mol. The SMILES string of the molecule is CCOC(=O)CC=Cc1cc([N+](=O)[O-])c(C(=O)O)cc1F. The first-order valence-electron chi connectivity index (χ1n) is 5.90. The summed E-state index contributed by atoms with van der Waals surface area (Å²) in [7, 11) is 0. The van der Waals surface area contributed by atoms with Crippen molar-refractivity contribution in [2.24, 2.45) is 0 Å². The molecule has 0 fully saturated rings. The summed E-state index contributed by atoms with van der Waals surface area (Å²) >= 11 is 0. The van der Waals surface area contributed by atoms with Crippen molar-refractivity contribution in [3.63, 3.8) is 0 Å². The Kier molecular flexibility index (Phi) is 5.53. The van der Waals surface area contributed by atoms with Crippen molar-refractivity contribution in [1.29, 1.82) is 0 Å². The van der Waals surface area contributed by atoms with Crippen LogP contribution in [0.4, 0.5) is 10.1 Å². The van der Waals surface area contributed by atoms with Crippen LogP contribution in [0.2, 0.25) is 0 Å². The number of esters is 1. The third kappa shape index (κ3) is 4.37. The molecular weight excluding hydrogens is 285 g/mol. The molecule has 112 valence electrons. The molecule has 7 nitrogen and oxygen atoms in total. The highest BCUT2D eigenvalue weighted by Gasteiger charge is 2.22. The van der Waals surface area contributed by atoms with Gasteiger partial charge in [-0.05, 0) is 13.0 Å². The zero-order valence-corrected chi connectivity index (χ0v) is 11.0. The van der Waals surface area contributed by atoms with Gasteiger partial charge in [-0.3, -0.25) is 14.9 Å². The Morgan fingerprint density at radius 2 is 2.14 bits per heavy atom. The van der Waals surface area contributed by atoms with Gasteiger partial charge >= 0.3 is 11.9 Å². The Balaban J connectivity index is 3.06. The molecule has 8 heteroatoms. The van der Waals surface area contributed by atoms with Crippen molar-refractivity contribution in [3.05, 3.63) is 45.3 Å². The minimum atomic E-state index is -1.59. The van der Waals surface area contributed by atoms with Crippen molar-refractivity contribution in [1.82, 2.24) is 0 Å². The predicted molar refractivity (Wildman–Crippen MR) is 70.3 cm³/mol. The lowest BCUT2D eigenvalue weighted by Crippen LogP contribution is -2.04. The molecule has 1 rings (SSSR count). The number of hydrogen-bond donors (Lipinski definition) is 1. The first-order chi connectivity index (χ1) is 9.86. The molecule has 21 heavy (non-hydrogen) atoms. The minimum absolute atomic E-state index is 0.123. The molecule has 0 radical (unpaired) electrons. The van der Waals surface area contributed by atoms with Gasteiger partial charge in [0.15, 0.2) is 0 Å². The van der Waals surface area contributed by atoms with E-state index >= 15 is 0 Å². The highest BCUT2D eigenvalue weighted by Crippen LogP contribution is 2.24. The second-order valence-electron chi connectivity index (χ2n) is 3.86. The molecule has 0 saturated carbocycles. The van der Waals surface area contributed by atoms with E-state index in [-0.39, 0.29) is 18.6 Å². The van der Waals surface area contributed by atoms with Crippen LogP contribution in [-0.4, -0.2) is 28.6 Å². The molecule has 0 atom stereocenters. The highest BCUT2D eigenvalue weighted by atomic mass is 19.1. The Labute approximate surface area is 118 Å². The van der Waals surface area contributed by atoms with E-state index in [1.807, 2.05) is 0 Å². The van der Waals surface area contributed by atoms with Gasteiger partial charge in [0.1, 0.15) is 11.4 Å². The van der Waals surface area contributed by atoms with Crippen LogP contribution in [0.25, 0.3) is 6.08 Å². The van der Waals surface area contributed by atoms with E-state index in [0.29, 0.717) is 6.07 Å². The molecule has 0 unspecified atom stereocenters. The Morgan fingerprint density at radius 3 is 2.67 bits per heavy atom. The number of carbonyl (C=O) groups is 2.